The molecule has 0 fully saturated rings. The number of hydrogen-bond acceptors (Lipinski definition) is 6. The van der Waals surface area contributed by atoms with Crippen molar-refractivity contribution in [2.24, 2.45) is 0 Å². The van der Waals surface area contributed by atoms with Gasteiger partial charge >= 0.3 is 5.97 Å². The van der Waals surface area contributed by atoms with Crippen molar-refractivity contribution in [3.63, 3.8) is 0 Å². The molecule has 6 nitrogen and oxygen atoms in total. The second-order valence-electron chi connectivity index (χ2n) is 6.66. The van der Waals surface area contributed by atoms with Gasteiger partial charge in [-0.25, -0.2) is 9.78 Å². The summed E-state index contributed by atoms with van der Waals surface area (Å²) in [4.78, 5) is 30.8. The lowest BCUT2D eigenvalue weighted by Gasteiger charge is -2.30. The standard InChI is InChI=1S/C22H20N2O4S/c1-2-8-27-22(26)17-5-3-4-15(9-17)11-24-19-10-16(18-13-29-14-23-18)6-7-20(19)28-12-21(24)25/h3-7,9-10,13-14H,2,8,11-12H2,1H3. The molecule has 0 atom stereocenters. The fourth-order valence-electron chi connectivity index (χ4n) is 3.15. The zero-order chi connectivity index (χ0) is 20.2. The molecule has 7 heteroatoms. The first-order chi connectivity index (χ1) is 14.2. The van der Waals surface area contributed by atoms with Gasteiger partial charge in [-0.3, -0.25) is 4.79 Å². The maximum atomic E-state index is 12.6. The maximum absolute atomic E-state index is 12.6. The number of rotatable bonds is 6. The molecule has 2 heterocycles. The Bertz CT molecular complexity index is 1030. The summed E-state index contributed by atoms with van der Waals surface area (Å²) in [5, 5.41) is 1.96. The first-order valence-corrected chi connectivity index (χ1v) is 10.3. The molecule has 4 rings (SSSR count). The quantitative estimate of drug-likeness (QED) is 0.569. The van der Waals surface area contributed by atoms with Gasteiger partial charge in [-0.2, -0.15) is 0 Å². The van der Waals surface area contributed by atoms with Crippen LogP contribution in [0.4, 0.5) is 5.69 Å². The topological polar surface area (TPSA) is 68.7 Å². The molecule has 0 aliphatic carbocycles. The molecular formula is C22H20N2O4S. The fourth-order valence-corrected chi connectivity index (χ4v) is 3.71. The zero-order valence-electron chi connectivity index (χ0n) is 16.0. The van der Waals surface area contributed by atoms with Crippen molar-refractivity contribution >= 4 is 28.9 Å². The van der Waals surface area contributed by atoms with Crippen molar-refractivity contribution in [1.82, 2.24) is 4.98 Å². The zero-order valence-corrected chi connectivity index (χ0v) is 16.8. The van der Waals surface area contributed by atoms with E-state index in [-0.39, 0.29) is 18.5 Å². The average Bonchev–Trinajstić information content (AvgIpc) is 3.29. The number of nitrogens with zero attached hydrogens (tertiary/aromatic N) is 2. The predicted octanol–water partition coefficient (Wildman–Crippen LogP) is 4.30. The van der Waals surface area contributed by atoms with Gasteiger partial charge in [0.25, 0.3) is 5.91 Å². The normalized spacial score (nSPS) is 13.0. The Hall–Kier alpha value is -3.19. The van der Waals surface area contributed by atoms with Gasteiger partial charge in [0.1, 0.15) is 5.75 Å². The number of carbonyl (C=O) groups excluding carboxylic acids is 2. The average molecular weight is 408 g/mol. The van der Waals surface area contributed by atoms with E-state index in [4.69, 9.17) is 9.47 Å². The molecule has 1 aliphatic rings. The van der Waals surface area contributed by atoms with Crippen LogP contribution in [0.15, 0.2) is 53.4 Å². The van der Waals surface area contributed by atoms with Gasteiger partial charge in [-0.1, -0.05) is 19.1 Å². The second kappa shape index (κ2) is 8.45. The first kappa shape index (κ1) is 19.1. The Labute approximate surface area is 172 Å². The number of esters is 1. The van der Waals surface area contributed by atoms with E-state index in [0.29, 0.717) is 30.2 Å². The first-order valence-electron chi connectivity index (χ1n) is 9.37. The molecule has 148 valence electrons. The Morgan fingerprint density at radius 3 is 2.97 bits per heavy atom. The Balaban J connectivity index is 1.62. The number of benzene rings is 2. The van der Waals surface area contributed by atoms with Crippen molar-refractivity contribution in [1.29, 1.82) is 0 Å². The van der Waals surface area contributed by atoms with Crippen molar-refractivity contribution in [3.8, 4) is 17.0 Å². The van der Waals surface area contributed by atoms with Gasteiger partial charge in [0.05, 0.1) is 35.6 Å². The van der Waals surface area contributed by atoms with Gasteiger partial charge in [0.2, 0.25) is 0 Å². The van der Waals surface area contributed by atoms with E-state index >= 15 is 0 Å². The van der Waals surface area contributed by atoms with Crippen LogP contribution < -0.4 is 9.64 Å². The third-order valence-corrected chi connectivity index (χ3v) is 5.16. The van der Waals surface area contributed by atoms with Gasteiger partial charge in [0, 0.05) is 10.9 Å². The number of amides is 1. The van der Waals surface area contributed by atoms with E-state index in [1.54, 1.807) is 28.6 Å². The molecular weight excluding hydrogens is 388 g/mol. The molecule has 0 unspecified atom stereocenters. The summed E-state index contributed by atoms with van der Waals surface area (Å²) in [5.74, 6) is 0.169. The Morgan fingerprint density at radius 1 is 1.28 bits per heavy atom. The Kier molecular flexibility index (Phi) is 5.57. The highest BCUT2D eigenvalue weighted by Gasteiger charge is 2.26. The highest BCUT2D eigenvalue weighted by molar-refractivity contribution is 7.07. The lowest BCUT2D eigenvalue weighted by atomic mass is 10.1. The summed E-state index contributed by atoms with van der Waals surface area (Å²) in [6.07, 6.45) is 0.770. The number of aromatic nitrogens is 1. The van der Waals surface area contributed by atoms with Crippen molar-refractivity contribution in [2.45, 2.75) is 19.9 Å². The van der Waals surface area contributed by atoms with Crippen LogP contribution in [-0.2, 0) is 16.1 Å². The number of ether oxygens (including phenoxy) is 2. The number of fused-ring (bicyclic) bond motifs is 1. The third-order valence-electron chi connectivity index (χ3n) is 4.57. The van der Waals surface area contributed by atoms with E-state index in [2.05, 4.69) is 4.98 Å². The highest BCUT2D eigenvalue weighted by atomic mass is 32.1. The molecule has 2 aromatic carbocycles. The van der Waals surface area contributed by atoms with Crippen LogP contribution in [0.3, 0.4) is 0 Å². The second-order valence-corrected chi connectivity index (χ2v) is 7.38. The largest absolute Gasteiger partial charge is 0.482 e. The lowest BCUT2D eigenvalue weighted by Crippen LogP contribution is -2.38. The van der Waals surface area contributed by atoms with Crippen LogP contribution in [0.25, 0.3) is 11.3 Å². The van der Waals surface area contributed by atoms with Gasteiger partial charge in [-0.05, 0) is 42.3 Å². The number of thiazole rings is 1. The molecule has 0 bridgehead atoms. The molecule has 0 saturated carbocycles. The van der Waals surface area contributed by atoms with E-state index < -0.39 is 0 Å². The molecule has 0 radical (unpaired) electrons. The number of hydrogen-bond donors (Lipinski definition) is 0. The van der Waals surface area contributed by atoms with Gasteiger partial charge in [0.15, 0.2) is 6.61 Å². The maximum Gasteiger partial charge on any atom is 0.338 e. The van der Waals surface area contributed by atoms with Crippen LogP contribution in [0.5, 0.6) is 5.75 Å². The Morgan fingerprint density at radius 2 is 2.17 bits per heavy atom. The summed E-state index contributed by atoms with van der Waals surface area (Å²) < 4.78 is 10.8. The van der Waals surface area contributed by atoms with Crippen LogP contribution in [-0.4, -0.2) is 30.1 Å². The van der Waals surface area contributed by atoms with Crippen molar-refractivity contribution in [2.75, 3.05) is 18.1 Å². The van der Waals surface area contributed by atoms with E-state index in [1.807, 2.05) is 36.6 Å². The van der Waals surface area contributed by atoms with E-state index in [1.165, 1.54) is 11.3 Å². The monoisotopic (exact) mass is 408 g/mol. The third kappa shape index (κ3) is 4.14. The predicted molar refractivity (Wildman–Crippen MR) is 111 cm³/mol. The molecule has 29 heavy (non-hydrogen) atoms. The lowest BCUT2D eigenvalue weighted by molar-refractivity contribution is -0.121. The summed E-state index contributed by atoms with van der Waals surface area (Å²) in [6.45, 7) is 2.66. The minimum atomic E-state index is -0.353. The van der Waals surface area contributed by atoms with Crippen molar-refractivity contribution < 1.29 is 19.1 Å². The minimum Gasteiger partial charge on any atom is -0.482 e. The smallest absolute Gasteiger partial charge is 0.338 e. The van der Waals surface area contributed by atoms with Gasteiger partial charge in [-0.15, -0.1) is 11.3 Å². The van der Waals surface area contributed by atoms with Crippen LogP contribution in [0.2, 0.25) is 0 Å². The van der Waals surface area contributed by atoms with Crippen LogP contribution in [0, 0.1) is 0 Å². The summed E-state index contributed by atoms with van der Waals surface area (Å²) >= 11 is 1.52. The molecule has 1 aromatic heterocycles. The number of carbonyl (C=O) groups is 2. The molecule has 3 aromatic rings. The van der Waals surface area contributed by atoms with Crippen molar-refractivity contribution in [3.05, 3.63) is 64.5 Å². The molecule has 1 amide bonds. The summed E-state index contributed by atoms with van der Waals surface area (Å²) in [7, 11) is 0. The SMILES string of the molecule is CCCOC(=O)c1cccc(CN2C(=O)COc3ccc(-c4cscn4)cc32)c1. The summed E-state index contributed by atoms with van der Waals surface area (Å²) in [6, 6.07) is 12.9. The van der Waals surface area contributed by atoms with Crippen LogP contribution in [0.1, 0.15) is 29.3 Å². The molecule has 0 N–H and O–H groups in total. The number of anilines is 1. The van der Waals surface area contributed by atoms with E-state index in [0.717, 1.165) is 23.2 Å². The minimum absolute atomic E-state index is 0.0126. The van der Waals surface area contributed by atoms with Gasteiger partial charge < -0.3 is 14.4 Å². The molecule has 1 aliphatic heterocycles. The van der Waals surface area contributed by atoms with Crippen LogP contribution >= 0.6 is 11.3 Å². The molecule has 0 saturated heterocycles. The fraction of sp³-hybridized carbons (Fsp3) is 0.227. The molecule has 0 spiro atoms. The summed E-state index contributed by atoms with van der Waals surface area (Å²) in [5.41, 5.74) is 5.58. The highest BCUT2D eigenvalue weighted by Crippen LogP contribution is 2.36. The van der Waals surface area contributed by atoms with E-state index in [9.17, 15) is 9.59 Å².